The van der Waals surface area contributed by atoms with Gasteiger partial charge in [0.2, 0.25) is 0 Å². The number of morpholine rings is 1. The first-order chi connectivity index (χ1) is 19.0. The number of aryl methyl sites for hydroxylation is 1. The molecule has 10 heteroatoms. The maximum atomic E-state index is 10.7. The molecule has 2 saturated heterocycles. The molecule has 39 heavy (non-hydrogen) atoms. The van der Waals surface area contributed by atoms with Crippen molar-refractivity contribution in [2.45, 2.75) is 33.2 Å². The molecule has 5 rings (SSSR count). The molecule has 2 aromatic rings. The first kappa shape index (κ1) is 27.2. The summed E-state index contributed by atoms with van der Waals surface area (Å²) in [6.07, 6.45) is 5.95. The molecule has 4 heterocycles. The number of aromatic nitrogens is 2. The molecule has 0 atom stereocenters. The highest BCUT2D eigenvalue weighted by Gasteiger charge is 2.28. The number of phenolic OH excluding ortho intramolecular Hbond substituents is 1. The Labute approximate surface area is 230 Å². The van der Waals surface area contributed by atoms with Crippen LogP contribution in [0.5, 0.6) is 11.8 Å². The number of nitrogens with zero attached hydrogens (tertiary/aromatic N) is 6. The van der Waals surface area contributed by atoms with Gasteiger partial charge < -0.3 is 29.3 Å². The van der Waals surface area contributed by atoms with Crippen molar-refractivity contribution in [1.29, 1.82) is 0 Å². The van der Waals surface area contributed by atoms with Crippen molar-refractivity contribution in [3.05, 3.63) is 46.8 Å². The highest BCUT2D eigenvalue weighted by molar-refractivity contribution is 5.64. The van der Waals surface area contributed by atoms with E-state index in [1.54, 1.807) is 6.08 Å². The van der Waals surface area contributed by atoms with Crippen LogP contribution >= 0.6 is 0 Å². The first-order valence-corrected chi connectivity index (χ1v) is 14.0. The average molecular weight is 537 g/mol. The van der Waals surface area contributed by atoms with Gasteiger partial charge in [-0.1, -0.05) is 0 Å². The number of ether oxygens (including phenoxy) is 2. The minimum Gasteiger partial charge on any atom is -0.508 e. The van der Waals surface area contributed by atoms with Gasteiger partial charge in [-0.05, 0) is 50.0 Å². The largest absolute Gasteiger partial charge is 0.508 e. The van der Waals surface area contributed by atoms with Crippen molar-refractivity contribution in [2.75, 3.05) is 82.0 Å². The van der Waals surface area contributed by atoms with Crippen LogP contribution in [0.25, 0.3) is 0 Å². The van der Waals surface area contributed by atoms with Crippen LogP contribution in [-0.4, -0.2) is 103 Å². The van der Waals surface area contributed by atoms with Gasteiger partial charge in [0, 0.05) is 75.9 Å². The molecule has 0 bridgehead atoms. The van der Waals surface area contributed by atoms with Gasteiger partial charge in [0.15, 0.2) is 0 Å². The van der Waals surface area contributed by atoms with Crippen molar-refractivity contribution in [3.8, 4) is 11.8 Å². The number of hydrogen-bond acceptors (Lipinski definition) is 10. The molecule has 3 aliphatic heterocycles. The Morgan fingerprint density at radius 3 is 2.59 bits per heavy atom. The van der Waals surface area contributed by atoms with Crippen LogP contribution in [0.3, 0.4) is 0 Å². The zero-order chi connectivity index (χ0) is 27.2. The molecule has 0 radical (unpaired) electrons. The third kappa shape index (κ3) is 6.62. The summed E-state index contributed by atoms with van der Waals surface area (Å²) in [5.74, 6) is 1.25. The van der Waals surface area contributed by atoms with E-state index in [4.69, 9.17) is 19.4 Å². The molecule has 210 valence electrons. The number of hydrogen-bond donors (Lipinski definition) is 1. The number of piperazine rings is 1. The number of aldehydes is 1. The van der Waals surface area contributed by atoms with Crippen LogP contribution in [0.4, 0.5) is 11.5 Å². The van der Waals surface area contributed by atoms with Crippen molar-refractivity contribution in [1.82, 2.24) is 19.8 Å². The van der Waals surface area contributed by atoms with Gasteiger partial charge in [0.1, 0.15) is 17.9 Å². The summed E-state index contributed by atoms with van der Waals surface area (Å²) in [5, 5.41) is 10.3. The molecule has 1 N–H and O–H groups in total. The van der Waals surface area contributed by atoms with Crippen LogP contribution in [-0.2, 0) is 22.5 Å². The number of anilines is 2. The van der Waals surface area contributed by atoms with E-state index in [0.717, 1.165) is 107 Å². The second-order valence-electron chi connectivity index (χ2n) is 10.5. The number of carbonyl (C=O) groups excluding carboxylic acids is 1. The van der Waals surface area contributed by atoms with E-state index >= 15 is 0 Å². The van der Waals surface area contributed by atoms with Gasteiger partial charge in [-0.3, -0.25) is 9.69 Å². The fourth-order valence-electron chi connectivity index (χ4n) is 5.59. The van der Waals surface area contributed by atoms with E-state index in [1.807, 2.05) is 25.3 Å². The molecular formula is C29H40N6O4. The zero-order valence-corrected chi connectivity index (χ0v) is 23.1. The van der Waals surface area contributed by atoms with Gasteiger partial charge in [0.05, 0.1) is 32.1 Å². The third-order valence-corrected chi connectivity index (χ3v) is 7.93. The van der Waals surface area contributed by atoms with Gasteiger partial charge in [0.25, 0.3) is 0 Å². The fraction of sp³-hybridized carbons (Fsp3) is 0.552. The highest BCUT2D eigenvalue weighted by Crippen LogP contribution is 2.34. The standard InChI is InChI=1S/C29H40N6O4/c1-22-19-24(37)20-27(23(22)2)35-8-5-25-26(21-35)30-29(39-16-4-7-33-13-17-38-18-14-33)31-28(25)34-11-9-32(10-12-34)6-3-15-36/h3,6,15,19-20,37H,4-5,7-14,16-18,21H2,1-2H3. The van der Waals surface area contributed by atoms with Gasteiger partial charge in [-0.15, -0.1) is 0 Å². The Morgan fingerprint density at radius 2 is 1.82 bits per heavy atom. The maximum Gasteiger partial charge on any atom is 0.318 e. The lowest BCUT2D eigenvalue weighted by atomic mass is 10.0. The predicted molar refractivity (Wildman–Crippen MR) is 151 cm³/mol. The van der Waals surface area contributed by atoms with E-state index in [9.17, 15) is 9.90 Å². The molecule has 1 aromatic carbocycles. The van der Waals surface area contributed by atoms with Crippen LogP contribution < -0.4 is 14.5 Å². The van der Waals surface area contributed by atoms with Gasteiger partial charge in [-0.2, -0.15) is 9.97 Å². The summed E-state index contributed by atoms with van der Waals surface area (Å²) < 4.78 is 11.6. The molecule has 10 nitrogen and oxygen atoms in total. The predicted octanol–water partition coefficient (Wildman–Crippen LogP) is 2.30. The summed E-state index contributed by atoms with van der Waals surface area (Å²) in [6.45, 7) is 14.0. The second kappa shape index (κ2) is 12.7. The van der Waals surface area contributed by atoms with E-state index in [-0.39, 0.29) is 5.75 Å². The molecule has 0 aliphatic carbocycles. The fourth-order valence-corrected chi connectivity index (χ4v) is 5.59. The summed E-state index contributed by atoms with van der Waals surface area (Å²) in [4.78, 5) is 29.8. The number of aromatic hydroxyl groups is 1. The number of benzene rings is 1. The lowest BCUT2D eigenvalue weighted by Crippen LogP contribution is -2.45. The van der Waals surface area contributed by atoms with E-state index in [2.05, 4.69) is 26.5 Å². The number of phenols is 1. The SMILES string of the molecule is Cc1cc(O)cc(N2CCc3c(nc(OCCCN4CCOCC4)nc3N3CCN(C=CC=O)CC3)C2)c1C. The molecular weight excluding hydrogens is 496 g/mol. The Bertz CT molecular complexity index is 1170. The molecule has 0 amide bonds. The van der Waals surface area contributed by atoms with Crippen LogP contribution in [0.2, 0.25) is 0 Å². The minimum atomic E-state index is 0.285. The van der Waals surface area contributed by atoms with E-state index in [1.165, 1.54) is 11.1 Å². The summed E-state index contributed by atoms with van der Waals surface area (Å²) >= 11 is 0. The highest BCUT2D eigenvalue weighted by atomic mass is 16.5. The zero-order valence-electron chi connectivity index (χ0n) is 23.1. The van der Waals surface area contributed by atoms with Gasteiger partial charge >= 0.3 is 6.01 Å². The lowest BCUT2D eigenvalue weighted by molar-refractivity contribution is -0.104. The molecule has 2 fully saturated rings. The molecule has 0 spiro atoms. The van der Waals surface area contributed by atoms with Gasteiger partial charge in [-0.25, -0.2) is 0 Å². The number of carbonyl (C=O) groups is 1. The van der Waals surface area contributed by atoms with Crippen LogP contribution in [0.15, 0.2) is 24.4 Å². The van der Waals surface area contributed by atoms with Crippen LogP contribution in [0, 0.1) is 13.8 Å². The first-order valence-electron chi connectivity index (χ1n) is 14.0. The van der Waals surface area contributed by atoms with Crippen molar-refractivity contribution in [2.24, 2.45) is 0 Å². The molecule has 0 unspecified atom stereocenters. The third-order valence-electron chi connectivity index (χ3n) is 7.93. The van der Waals surface area contributed by atoms with E-state index < -0.39 is 0 Å². The van der Waals surface area contributed by atoms with Crippen LogP contribution in [0.1, 0.15) is 28.8 Å². The maximum absolute atomic E-state index is 10.7. The summed E-state index contributed by atoms with van der Waals surface area (Å²) in [5.41, 5.74) is 5.45. The van der Waals surface area contributed by atoms with Crippen molar-refractivity contribution in [3.63, 3.8) is 0 Å². The monoisotopic (exact) mass is 536 g/mol. The molecule has 1 aromatic heterocycles. The smallest absolute Gasteiger partial charge is 0.318 e. The normalized spacial score (nSPS) is 18.5. The van der Waals surface area contributed by atoms with E-state index in [0.29, 0.717) is 19.2 Å². The molecule has 3 aliphatic rings. The quantitative estimate of drug-likeness (QED) is 0.292. The number of allylic oxidation sites excluding steroid dienone is 1. The van der Waals surface area contributed by atoms with Crippen molar-refractivity contribution >= 4 is 17.8 Å². The number of fused-ring (bicyclic) bond motifs is 1. The lowest BCUT2D eigenvalue weighted by Gasteiger charge is -2.38. The Hall–Kier alpha value is -3.37. The summed E-state index contributed by atoms with van der Waals surface area (Å²) in [6, 6.07) is 4.09. The average Bonchev–Trinajstić information content (AvgIpc) is 2.96. The second-order valence-corrected chi connectivity index (χ2v) is 10.5. The van der Waals surface area contributed by atoms with Crippen molar-refractivity contribution < 1.29 is 19.4 Å². The Morgan fingerprint density at radius 1 is 1.03 bits per heavy atom. The molecule has 0 saturated carbocycles. The minimum absolute atomic E-state index is 0.285. The Kier molecular flexibility index (Phi) is 8.83. The summed E-state index contributed by atoms with van der Waals surface area (Å²) in [7, 11) is 0. The number of rotatable bonds is 9. The Balaban J connectivity index is 1.34. The topological polar surface area (TPSA) is 94.5 Å².